The molecule has 3 N–H and O–H groups in total. The van der Waals surface area contributed by atoms with E-state index >= 15 is 0 Å². The van der Waals surface area contributed by atoms with Crippen LogP contribution in [0.2, 0.25) is 4.34 Å². The molecule has 10 heteroatoms. The van der Waals surface area contributed by atoms with Gasteiger partial charge in [0.25, 0.3) is 0 Å². The average Bonchev–Trinajstić information content (AvgIpc) is 3.17. The molecule has 2 amide bonds. The maximum Gasteiger partial charge on any atom is 0.322 e. The normalized spacial score (nSPS) is 17.1. The van der Waals surface area contributed by atoms with Gasteiger partial charge in [0.1, 0.15) is 18.4 Å². The Morgan fingerprint density at radius 2 is 2.16 bits per heavy atom. The third-order valence-corrected chi connectivity index (χ3v) is 6.53. The molecule has 3 heterocycles. The van der Waals surface area contributed by atoms with E-state index in [1.54, 1.807) is 12.1 Å². The predicted octanol–water partition coefficient (Wildman–Crippen LogP) is 3.62. The molecule has 0 bridgehead atoms. The highest BCUT2D eigenvalue weighted by Gasteiger charge is 2.30. The van der Waals surface area contributed by atoms with Crippen LogP contribution in [0.15, 0.2) is 36.7 Å². The molecule has 0 radical (unpaired) electrons. The summed E-state index contributed by atoms with van der Waals surface area (Å²) in [6.07, 6.45) is 3.41. The number of aromatic nitrogens is 2. The number of aldehydes is 1. The number of carbonyl (C=O) groups is 2. The van der Waals surface area contributed by atoms with Crippen LogP contribution in [0.3, 0.4) is 0 Å². The molecule has 1 aliphatic heterocycles. The van der Waals surface area contributed by atoms with Crippen molar-refractivity contribution in [2.24, 2.45) is 0 Å². The minimum absolute atomic E-state index is 0.0483. The lowest BCUT2D eigenvalue weighted by Gasteiger charge is -2.41. The van der Waals surface area contributed by atoms with E-state index in [-0.39, 0.29) is 12.1 Å². The fourth-order valence-corrected chi connectivity index (χ4v) is 4.81. The van der Waals surface area contributed by atoms with E-state index in [2.05, 4.69) is 20.2 Å². The first-order valence-electron chi connectivity index (χ1n) is 10.0. The van der Waals surface area contributed by atoms with Crippen LogP contribution in [0.4, 0.5) is 15.6 Å². The molecule has 1 aliphatic rings. The summed E-state index contributed by atoms with van der Waals surface area (Å²) in [5, 5.41) is 4.47. The van der Waals surface area contributed by atoms with Gasteiger partial charge in [0.05, 0.1) is 14.9 Å². The quantitative estimate of drug-likeness (QED) is 0.546. The van der Waals surface area contributed by atoms with E-state index in [0.29, 0.717) is 41.1 Å². The molecule has 0 unspecified atom stereocenters. The number of anilines is 2. The summed E-state index contributed by atoms with van der Waals surface area (Å²) in [6.45, 7) is 2.74. The van der Waals surface area contributed by atoms with E-state index in [4.69, 9.17) is 17.3 Å². The third-order valence-electron chi connectivity index (χ3n) is 5.39. The molecular formula is C21H23ClN6O2S. The lowest BCUT2D eigenvalue weighted by atomic mass is 10.1. The summed E-state index contributed by atoms with van der Waals surface area (Å²) in [7, 11) is 0. The number of nitrogen functional groups attached to an aromatic ring is 1. The number of fused-ring (bicyclic) bond motifs is 1. The number of carbonyl (C=O) groups excluding carboxylic acids is 2. The van der Waals surface area contributed by atoms with Crippen LogP contribution in [-0.4, -0.2) is 57.8 Å². The second-order valence-corrected chi connectivity index (χ2v) is 9.19. The molecule has 2 aromatic heterocycles. The first-order chi connectivity index (χ1) is 15.0. The van der Waals surface area contributed by atoms with E-state index in [9.17, 15) is 9.59 Å². The number of piperazine rings is 1. The first kappa shape index (κ1) is 21.5. The van der Waals surface area contributed by atoms with Crippen LogP contribution in [0.25, 0.3) is 10.9 Å². The van der Waals surface area contributed by atoms with Crippen LogP contribution >= 0.6 is 22.9 Å². The molecule has 162 valence electrons. The van der Waals surface area contributed by atoms with Gasteiger partial charge < -0.3 is 15.4 Å². The Balaban J connectivity index is 1.44. The van der Waals surface area contributed by atoms with E-state index in [1.165, 1.54) is 17.7 Å². The van der Waals surface area contributed by atoms with Gasteiger partial charge in [-0.1, -0.05) is 17.7 Å². The summed E-state index contributed by atoms with van der Waals surface area (Å²) in [5.74, 6) is 0.470. The van der Waals surface area contributed by atoms with Crippen LogP contribution in [0.1, 0.15) is 18.4 Å². The Morgan fingerprint density at radius 1 is 1.29 bits per heavy atom. The minimum atomic E-state index is -0.160. The highest BCUT2D eigenvalue weighted by molar-refractivity contribution is 7.20. The number of amides is 2. The van der Waals surface area contributed by atoms with Gasteiger partial charge in [0.2, 0.25) is 0 Å². The SMILES string of the molecule is Nc1ncnc2cc(CN3CCN(C(=O)Nc4ccc(Cl)s4)[C@@H](CCC=O)C3)ccc12. The highest BCUT2D eigenvalue weighted by Crippen LogP contribution is 2.27. The van der Waals surface area contributed by atoms with Gasteiger partial charge in [-0.2, -0.15) is 0 Å². The van der Waals surface area contributed by atoms with E-state index in [0.717, 1.165) is 35.8 Å². The Hall–Kier alpha value is -2.75. The first-order valence-corrected chi connectivity index (χ1v) is 11.2. The monoisotopic (exact) mass is 458 g/mol. The lowest BCUT2D eigenvalue weighted by Crippen LogP contribution is -2.55. The molecule has 3 aromatic rings. The number of nitrogens with one attached hydrogen (secondary N) is 1. The predicted molar refractivity (Wildman–Crippen MR) is 123 cm³/mol. The average molecular weight is 459 g/mol. The third kappa shape index (κ3) is 5.12. The molecular weight excluding hydrogens is 436 g/mol. The molecule has 8 nitrogen and oxygen atoms in total. The maximum absolute atomic E-state index is 12.8. The van der Waals surface area contributed by atoms with Crippen LogP contribution in [-0.2, 0) is 11.3 Å². The van der Waals surface area contributed by atoms with Gasteiger partial charge in [0, 0.05) is 44.0 Å². The molecule has 0 spiro atoms. The van der Waals surface area contributed by atoms with Crippen molar-refractivity contribution in [3.8, 4) is 0 Å². The molecule has 1 fully saturated rings. The van der Waals surface area contributed by atoms with Gasteiger partial charge in [-0.3, -0.25) is 10.2 Å². The fraction of sp³-hybridized carbons (Fsp3) is 0.333. The standard InChI is InChI=1S/C21H23ClN6O2S/c22-18-5-6-19(31-18)26-21(30)28-8-7-27(12-15(28)2-1-9-29)11-14-3-4-16-17(10-14)24-13-25-20(16)23/h3-6,9-10,13,15H,1-2,7-8,11-12H2,(H,26,30)(H2,23,24,25)/t15-/m0/s1. The van der Waals surface area contributed by atoms with Crippen molar-refractivity contribution < 1.29 is 9.59 Å². The Morgan fingerprint density at radius 3 is 2.94 bits per heavy atom. The zero-order valence-electron chi connectivity index (χ0n) is 16.8. The molecule has 1 saturated heterocycles. The van der Waals surface area contributed by atoms with Crippen molar-refractivity contribution in [3.05, 3.63) is 46.6 Å². The van der Waals surface area contributed by atoms with Crippen molar-refractivity contribution in [3.63, 3.8) is 0 Å². The number of thiophene rings is 1. The smallest absolute Gasteiger partial charge is 0.322 e. The van der Waals surface area contributed by atoms with Gasteiger partial charge in [-0.05, 0) is 36.2 Å². The second kappa shape index (κ2) is 9.59. The molecule has 31 heavy (non-hydrogen) atoms. The lowest BCUT2D eigenvalue weighted by molar-refractivity contribution is -0.108. The zero-order chi connectivity index (χ0) is 21.8. The fourth-order valence-electron chi connectivity index (χ4n) is 3.88. The van der Waals surface area contributed by atoms with Crippen LogP contribution < -0.4 is 11.1 Å². The minimum Gasteiger partial charge on any atom is -0.383 e. The van der Waals surface area contributed by atoms with E-state index in [1.807, 2.05) is 23.1 Å². The van der Waals surface area contributed by atoms with E-state index < -0.39 is 0 Å². The van der Waals surface area contributed by atoms with Gasteiger partial charge in [0.15, 0.2) is 0 Å². The van der Waals surface area contributed by atoms with Crippen LogP contribution in [0, 0.1) is 0 Å². The molecule has 1 aromatic carbocycles. The summed E-state index contributed by atoms with van der Waals surface area (Å²) in [4.78, 5) is 36.3. The van der Waals surface area contributed by atoms with Gasteiger partial charge >= 0.3 is 6.03 Å². The topological polar surface area (TPSA) is 104 Å². The van der Waals surface area contributed by atoms with Crippen molar-refractivity contribution in [2.75, 3.05) is 30.7 Å². The van der Waals surface area contributed by atoms with Crippen LogP contribution in [0.5, 0.6) is 0 Å². The largest absolute Gasteiger partial charge is 0.383 e. The molecule has 4 rings (SSSR count). The number of nitrogens with zero attached hydrogens (tertiary/aromatic N) is 4. The second-order valence-electron chi connectivity index (χ2n) is 7.47. The summed E-state index contributed by atoms with van der Waals surface area (Å²) in [6, 6.07) is 9.33. The van der Waals surface area contributed by atoms with Gasteiger partial charge in [-0.15, -0.1) is 11.3 Å². The number of halogens is 1. The summed E-state index contributed by atoms with van der Waals surface area (Å²) >= 11 is 7.29. The highest BCUT2D eigenvalue weighted by atomic mass is 35.5. The Labute approximate surface area is 189 Å². The van der Waals surface area contributed by atoms with Crippen molar-refractivity contribution >= 4 is 57.0 Å². The number of hydrogen-bond acceptors (Lipinski definition) is 7. The zero-order valence-corrected chi connectivity index (χ0v) is 18.4. The number of hydrogen-bond donors (Lipinski definition) is 2. The van der Waals surface area contributed by atoms with Crippen molar-refractivity contribution in [2.45, 2.75) is 25.4 Å². The maximum atomic E-state index is 12.8. The summed E-state index contributed by atoms with van der Waals surface area (Å²) < 4.78 is 0.625. The van der Waals surface area contributed by atoms with Gasteiger partial charge in [-0.25, -0.2) is 14.8 Å². The molecule has 1 atom stereocenters. The number of rotatable bonds is 6. The Kier molecular flexibility index (Phi) is 6.64. The Bertz CT molecular complexity index is 1090. The van der Waals surface area contributed by atoms with Crippen molar-refractivity contribution in [1.29, 1.82) is 0 Å². The number of urea groups is 1. The van der Waals surface area contributed by atoms with Crippen molar-refractivity contribution in [1.82, 2.24) is 19.8 Å². The molecule has 0 saturated carbocycles. The summed E-state index contributed by atoms with van der Waals surface area (Å²) in [5.41, 5.74) is 7.85. The molecule has 0 aliphatic carbocycles. The number of benzene rings is 1. The number of nitrogens with two attached hydrogens (primary N) is 1.